The largest absolute Gasteiger partial charge is 0.394 e. The van der Waals surface area contributed by atoms with Crippen molar-refractivity contribution in [1.82, 2.24) is 0 Å². The second-order valence-corrected chi connectivity index (χ2v) is 5.46. The van der Waals surface area contributed by atoms with Gasteiger partial charge < -0.3 is 19.3 Å². The Morgan fingerprint density at radius 3 is 2.53 bits per heavy atom. The molecule has 0 spiro atoms. The molecule has 0 aromatic heterocycles. The summed E-state index contributed by atoms with van der Waals surface area (Å²) >= 11 is 0. The van der Waals surface area contributed by atoms with Crippen LogP contribution in [0.25, 0.3) is 0 Å². The highest BCUT2D eigenvalue weighted by atomic mass is 16.7. The van der Waals surface area contributed by atoms with Crippen LogP contribution in [0.1, 0.15) is 19.4 Å². The minimum atomic E-state index is -0.356. The highest BCUT2D eigenvalue weighted by Gasteiger charge is 2.51. The van der Waals surface area contributed by atoms with Gasteiger partial charge in [0.15, 0.2) is 6.29 Å². The molecule has 1 saturated heterocycles. The first kappa shape index (κ1) is 14.5. The predicted octanol–water partition coefficient (Wildman–Crippen LogP) is 1.96. The van der Waals surface area contributed by atoms with Gasteiger partial charge in [0, 0.05) is 12.5 Å². The fraction of sp³-hybridized carbons (Fsp3) is 0.600. The molecule has 4 heteroatoms. The van der Waals surface area contributed by atoms with E-state index in [0.717, 1.165) is 5.56 Å². The van der Waals surface area contributed by atoms with Gasteiger partial charge in [-0.05, 0) is 5.56 Å². The van der Waals surface area contributed by atoms with Crippen molar-refractivity contribution in [2.24, 2.45) is 5.41 Å². The second kappa shape index (κ2) is 6.01. The summed E-state index contributed by atoms with van der Waals surface area (Å²) in [6.45, 7) is 4.51. The number of benzene rings is 1. The van der Waals surface area contributed by atoms with Crippen molar-refractivity contribution in [2.45, 2.75) is 39.0 Å². The SMILES string of the molecule is COC1O[C@H](CO)[C@H](OCc2ccccc2)C1(C)C. The zero-order chi connectivity index (χ0) is 13.9. The van der Waals surface area contributed by atoms with E-state index in [4.69, 9.17) is 14.2 Å². The number of aliphatic hydroxyl groups excluding tert-OH is 1. The van der Waals surface area contributed by atoms with Crippen LogP contribution in [-0.2, 0) is 20.8 Å². The van der Waals surface area contributed by atoms with Crippen LogP contribution in [-0.4, -0.2) is 37.3 Å². The summed E-state index contributed by atoms with van der Waals surface area (Å²) in [5, 5.41) is 9.42. The zero-order valence-electron chi connectivity index (χ0n) is 11.7. The summed E-state index contributed by atoms with van der Waals surface area (Å²) in [6.07, 6.45) is -0.892. The number of hydrogen-bond donors (Lipinski definition) is 1. The topological polar surface area (TPSA) is 47.9 Å². The zero-order valence-corrected chi connectivity index (χ0v) is 11.7. The standard InChI is InChI=1S/C15H22O4/c1-15(2)13(12(9-16)19-14(15)17-3)18-10-11-7-5-4-6-8-11/h4-8,12-14,16H,9-10H2,1-3H3/t12-,13+,14?/m1/s1. The lowest BCUT2D eigenvalue weighted by Gasteiger charge is -2.30. The molecule has 1 N–H and O–H groups in total. The maximum Gasteiger partial charge on any atom is 0.165 e. The molecule has 2 rings (SSSR count). The summed E-state index contributed by atoms with van der Waals surface area (Å²) in [5.74, 6) is 0. The Kier molecular flexibility index (Phi) is 4.58. The molecule has 0 saturated carbocycles. The summed E-state index contributed by atoms with van der Waals surface area (Å²) in [4.78, 5) is 0. The molecule has 1 aromatic carbocycles. The van der Waals surface area contributed by atoms with Gasteiger partial charge in [-0.2, -0.15) is 0 Å². The molecular weight excluding hydrogens is 244 g/mol. The lowest BCUT2D eigenvalue weighted by molar-refractivity contribution is -0.155. The van der Waals surface area contributed by atoms with Crippen molar-refractivity contribution in [3.8, 4) is 0 Å². The van der Waals surface area contributed by atoms with Gasteiger partial charge >= 0.3 is 0 Å². The maximum absolute atomic E-state index is 9.42. The predicted molar refractivity (Wildman–Crippen MR) is 71.6 cm³/mol. The van der Waals surface area contributed by atoms with Crippen LogP contribution < -0.4 is 0 Å². The molecule has 1 aromatic rings. The Morgan fingerprint density at radius 2 is 1.95 bits per heavy atom. The number of methoxy groups -OCH3 is 1. The Balaban J connectivity index is 2.04. The van der Waals surface area contributed by atoms with Crippen LogP contribution in [0.3, 0.4) is 0 Å². The fourth-order valence-corrected chi connectivity index (χ4v) is 2.60. The van der Waals surface area contributed by atoms with E-state index in [9.17, 15) is 5.11 Å². The first-order valence-electron chi connectivity index (χ1n) is 6.54. The normalized spacial score (nSPS) is 29.6. The van der Waals surface area contributed by atoms with Gasteiger partial charge in [-0.15, -0.1) is 0 Å². The van der Waals surface area contributed by atoms with E-state index in [1.807, 2.05) is 44.2 Å². The molecule has 106 valence electrons. The van der Waals surface area contributed by atoms with Gasteiger partial charge in [0.25, 0.3) is 0 Å². The van der Waals surface area contributed by atoms with E-state index in [0.29, 0.717) is 6.61 Å². The third-order valence-electron chi connectivity index (χ3n) is 3.64. The number of aliphatic hydroxyl groups is 1. The van der Waals surface area contributed by atoms with Crippen LogP contribution in [0.5, 0.6) is 0 Å². The van der Waals surface area contributed by atoms with Crippen LogP contribution in [0, 0.1) is 5.41 Å². The van der Waals surface area contributed by atoms with Crippen molar-refractivity contribution in [3.05, 3.63) is 35.9 Å². The van der Waals surface area contributed by atoms with Gasteiger partial charge in [-0.25, -0.2) is 0 Å². The summed E-state index contributed by atoms with van der Waals surface area (Å²) in [6, 6.07) is 9.98. The molecule has 1 fully saturated rings. The van der Waals surface area contributed by atoms with E-state index < -0.39 is 0 Å². The van der Waals surface area contributed by atoms with Gasteiger partial charge in [-0.1, -0.05) is 44.2 Å². The molecular formula is C15H22O4. The molecule has 1 unspecified atom stereocenters. The number of rotatable bonds is 5. The Morgan fingerprint density at radius 1 is 1.26 bits per heavy atom. The van der Waals surface area contributed by atoms with Crippen molar-refractivity contribution in [2.75, 3.05) is 13.7 Å². The lowest BCUT2D eigenvalue weighted by Crippen LogP contribution is -2.39. The first-order valence-corrected chi connectivity index (χ1v) is 6.54. The lowest BCUT2D eigenvalue weighted by atomic mass is 9.85. The van der Waals surface area contributed by atoms with Crippen molar-refractivity contribution in [1.29, 1.82) is 0 Å². The van der Waals surface area contributed by atoms with Crippen LogP contribution in [0.15, 0.2) is 30.3 Å². The van der Waals surface area contributed by atoms with Gasteiger partial charge in [-0.3, -0.25) is 0 Å². The molecule has 0 bridgehead atoms. The van der Waals surface area contributed by atoms with E-state index in [1.54, 1.807) is 7.11 Å². The van der Waals surface area contributed by atoms with E-state index in [2.05, 4.69) is 0 Å². The molecule has 3 atom stereocenters. The van der Waals surface area contributed by atoms with Crippen molar-refractivity contribution < 1.29 is 19.3 Å². The van der Waals surface area contributed by atoms with Gasteiger partial charge in [0.2, 0.25) is 0 Å². The van der Waals surface area contributed by atoms with E-state index >= 15 is 0 Å². The quantitative estimate of drug-likeness (QED) is 0.885. The Hall–Kier alpha value is -0.940. The highest BCUT2D eigenvalue weighted by molar-refractivity contribution is 5.13. The smallest absolute Gasteiger partial charge is 0.165 e. The molecule has 1 heterocycles. The van der Waals surface area contributed by atoms with Crippen LogP contribution >= 0.6 is 0 Å². The fourth-order valence-electron chi connectivity index (χ4n) is 2.60. The molecule has 0 radical (unpaired) electrons. The first-order chi connectivity index (χ1) is 9.09. The van der Waals surface area contributed by atoms with Crippen LogP contribution in [0.2, 0.25) is 0 Å². The summed E-state index contributed by atoms with van der Waals surface area (Å²) in [7, 11) is 1.61. The third kappa shape index (κ3) is 2.98. The van der Waals surface area contributed by atoms with Crippen molar-refractivity contribution >= 4 is 0 Å². The average molecular weight is 266 g/mol. The maximum atomic E-state index is 9.42. The Bertz CT molecular complexity index is 390. The van der Waals surface area contributed by atoms with Crippen molar-refractivity contribution in [3.63, 3.8) is 0 Å². The molecule has 19 heavy (non-hydrogen) atoms. The summed E-state index contributed by atoms with van der Waals surface area (Å²) < 4.78 is 17.0. The highest BCUT2D eigenvalue weighted by Crippen LogP contribution is 2.40. The molecule has 0 aliphatic carbocycles. The average Bonchev–Trinajstić information content (AvgIpc) is 2.67. The second-order valence-electron chi connectivity index (χ2n) is 5.46. The van der Waals surface area contributed by atoms with E-state index in [-0.39, 0.29) is 30.5 Å². The Labute approximate surface area is 114 Å². The molecule has 1 aliphatic rings. The monoisotopic (exact) mass is 266 g/mol. The summed E-state index contributed by atoms with van der Waals surface area (Å²) in [5.41, 5.74) is 0.813. The minimum Gasteiger partial charge on any atom is -0.394 e. The minimum absolute atomic E-state index is 0.0667. The van der Waals surface area contributed by atoms with Crippen LogP contribution in [0.4, 0.5) is 0 Å². The number of ether oxygens (including phenoxy) is 3. The third-order valence-corrected chi connectivity index (χ3v) is 3.64. The molecule has 1 aliphatic heterocycles. The molecule has 0 amide bonds. The van der Waals surface area contributed by atoms with Gasteiger partial charge in [0.05, 0.1) is 19.3 Å². The number of hydrogen-bond acceptors (Lipinski definition) is 4. The van der Waals surface area contributed by atoms with Gasteiger partial charge in [0.1, 0.15) is 6.10 Å². The van der Waals surface area contributed by atoms with E-state index in [1.165, 1.54) is 0 Å². The molecule has 4 nitrogen and oxygen atoms in total.